The first-order valence-electron chi connectivity index (χ1n) is 8.34. The molecule has 5 heteroatoms. The Bertz CT molecular complexity index is 784. The van der Waals surface area contributed by atoms with Crippen molar-refractivity contribution in [3.8, 4) is 11.1 Å². The van der Waals surface area contributed by atoms with E-state index in [0.29, 0.717) is 5.92 Å². The third-order valence-corrected chi connectivity index (χ3v) is 5.32. The molecule has 2 N–H and O–H groups in total. The van der Waals surface area contributed by atoms with Crippen LogP contribution in [0.1, 0.15) is 19.5 Å². The number of thioether (sulfide) groups is 1. The van der Waals surface area contributed by atoms with Crippen molar-refractivity contribution in [2.75, 3.05) is 11.1 Å². The number of carbonyl (C=O) groups excluding carboxylic acids is 1. The lowest BCUT2D eigenvalue weighted by atomic mass is 9.89. The van der Waals surface area contributed by atoms with E-state index in [1.807, 2.05) is 49.5 Å². The Balaban J connectivity index is 1.63. The van der Waals surface area contributed by atoms with E-state index in [9.17, 15) is 4.79 Å². The normalized spacial score (nSPS) is 16.7. The molecular weight excluding hydrogens is 330 g/mol. The van der Waals surface area contributed by atoms with Crippen molar-refractivity contribution in [1.29, 1.82) is 0 Å². The summed E-state index contributed by atoms with van der Waals surface area (Å²) in [7, 11) is 0. The van der Waals surface area contributed by atoms with Crippen LogP contribution >= 0.6 is 11.8 Å². The summed E-state index contributed by atoms with van der Waals surface area (Å²) in [4.78, 5) is 16.5. The number of aromatic nitrogens is 1. The summed E-state index contributed by atoms with van der Waals surface area (Å²) in [5, 5.41) is 8.10. The van der Waals surface area contributed by atoms with Crippen molar-refractivity contribution < 1.29 is 4.79 Å². The maximum Gasteiger partial charge on any atom is 0.319 e. The number of benzene rings is 1. The zero-order chi connectivity index (χ0) is 17.9. The summed E-state index contributed by atoms with van der Waals surface area (Å²) < 4.78 is 0. The molecule has 3 rings (SSSR count). The SMILES string of the molecule is Cc1cc(-c2ccc(NC(=O)NC(C)(C)C3C=CSC3)cc2)ccn1. The summed E-state index contributed by atoms with van der Waals surface area (Å²) in [6.45, 7) is 6.09. The molecule has 1 aromatic carbocycles. The number of nitrogens with zero attached hydrogens (tertiary/aromatic N) is 1. The average molecular weight is 353 g/mol. The molecule has 1 atom stereocenters. The first-order chi connectivity index (χ1) is 11.9. The molecular formula is C20H23N3OS. The van der Waals surface area contributed by atoms with E-state index >= 15 is 0 Å². The first-order valence-corrected chi connectivity index (χ1v) is 9.39. The molecule has 1 unspecified atom stereocenters. The highest BCUT2D eigenvalue weighted by Gasteiger charge is 2.30. The predicted octanol–water partition coefficient (Wildman–Crippen LogP) is 4.83. The highest BCUT2D eigenvalue weighted by atomic mass is 32.2. The van der Waals surface area contributed by atoms with Crippen molar-refractivity contribution in [3.05, 3.63) is 59.8 Å². The van der Waals surface area contributed by atoms with E-state index in [2.05, 4.69) is 40.9 Å². The number of urea groups is 1. The van der Waals surface area contributed by atoms with E-state index in [1.54, 1.807) is 11.8 Å². The topological polar surface area (TPSA) is 54.0 Å². The van der Waals surface area contributed by atoms with E-state index in [4.69, 9.17) is 0 Å². The van der Waals surface area contributed by atoms with Gasteiger partial charge in [0.1, 0.15) is 0 Å². The van der Waals surface area contributed by atoms with E-state index in [-0.39, 0.29) is 11.6 Å². The zero-order valence-corrected chi connectivity index (χ0v) is 15.6. The Kier molecular flexibility index (Phi) is 5.13. The van der Waals surface area contributed by atoms with Gasteiger partial charge in [-0.15, -0.1) is 11.8 Å². The molecule has 25 heavy (non-hydrogen) atoms. The van der Waals surface area contributed by atoms with Crippen LogP contribution in [0, 0.1) is 12.8 Å². The number of aryl methyl sites for hydroxylation is 1. The number of rotatable bonds is 4. The van der Waals surface area contributed by atoms with Gasteiger partial charge in [0, 0.05) is 34.8 Å². The fourth-order valence-electron chi connectivity index (χ4n) is 2.83. The van der Waals surface area contributed by atoms with E-state index in [1.165, 1.54) is 0 Å². The van der Waals surface area contributed by atoms with Crippen LogP contribution in [0.5, 0.6) is 0 Å². The number of hydrogen-bond donors (Lipinski definition) is 2. The van der Waals surface area contributed by atoms with Crippen molar-refractivity contribution >= 4 is 23.5 Å². The molecule has 0 saturated carbocycles. The van der Waals surface area contributed by atoms with Gasteiger partial charge in [-0.05, 0) is 61.6 Å². The Labute approximate surface area is 153 Å². The van der Waals surface area contributed by atoms with Crippen LogP contribution in [0.25, 0.3) is 11.1 Å². The second kappa shape index (κ2) is 7.31. The van der Waals surface area contributed by atoms with Crippen LogP contribution in [-0.2, 0) is 0 Å². The molecule has 2 amide bonds. The zero-order valence-electron chi connectivity index (χ0n) is 14.7. The molecule has 1 aliphatic heterocycles. The Morgan fingerprint density at radius 3 is 2.60 bits per heavy atom. The third kappa shape index (κ3) is 4.42. The Hall–Kier alpha value is -2.27. The molecule has 2 aromatic rings. The Morgan fingerprint density at radius 2 is 1.96 bits per heavy atom. The van der Waals surface area contributed by atoms with E-state index in [0.717, 1.165) is 28.3 Å². The standard InChI is InChI=1S/C20H23N3OS/c1-14-12-16(8-10-21-14)15-4-6-18(7-5-15)22-19(24)23-20(2,3)17-9-11-25-13-17/h4-12,17H,13H2,1-3H3,(H2,22,23,24). The Morgan fingerprint density at radius 1 is 1.20 bits per heavy atom. The monoisotopic (exact) mass is 353 g/mol. The molecule has 130 valence electrons. The number of hydrogen-bond acceptors (Lipinski definition) is 3. The number of carbonyl (C=O) groups is 1. The molecule has 0 radical (unpaired) electrons. The molecule has 0 aliphatic carbocycles. The number of amides is 2. The second-order valence-corrected chi connectivity index (χ2v) is 7.77. The fourth-order valence-corrected chi connectivity index (χ4v) is 3.98. The minimum absolute atomic E-state index is 0.178. The summed E-state index contributed by atoms with van der Waals surface area (Å²) >= 11 is 1.78. The minimum atomic E-state index is -0.279. The lowest BCUT2D eigenvalue weighted by Crippen LogP contribution is -2.50. The van der Waals surface area contributed by atoms with Gasteiger partial charge in [-0.2, -0.15) is 0 Å². The molecule has 2 heterocycles. The molecule has 1 aromatic heterocycles. The van der Waals surface area contributed by atoms with Crippen molar-refractivity contribution in [2.45, 2.75) is 26.3 Å². The molecule has 4 nitrogen and oxygen atoms in total. The number of pyridine rings is 1. The summed E-state index contributed by atoms with van der Waals surface area (Å²) in [6.07, 6.45) is 3.97. The quantitative estimate of drug-likeness (QED) is 0.827. The molecule has 0 bridgehead atoms. The van der Waals surface area contributed by atoms with Gasteiger partial charge >= 0.3 is 6.03 Å². The van der Waals surface area contributed by atoms with Crippen LogP contribution in [0.4, 0.5) is 10.5 Å². The van der Waals surface area contributed by atoms with Crippen LogP contribution in [-0.4, -0.2) is 22.3 Å². The van der Waals surface area contributed by atoms with Gasteiger partial charge < -0.3 is 10.6 Å². The summed E-state index contributed by atoms with van der Waals surface area (Å²) in [5.74, 6) is 1.36. The molecule has 0 saturated heterocycles. The number of anilines is 1. The number of nitrogens with one attached hydrogen (secondary N) is 2. The molecule has 0 fully saturated rings. The third-order valence-electron chi connectivity index (χ3n) is 4.42. The summed E-state index contributed by atoms with van der Waals surface area (Å²) in [6, 6.07) is 11.7. The minimum Gasteiger partial charge on any atom is -0.332 e. The highest BCUT2D eigenvalue weighted by molar-refractivity contribution is 8.02. The van der Waals surface area contributed by atoms with Crippen LogP contribution in [0.2, 0.25) is 0 Å². The van der Waals surface area contributed by atoms with Crippen molar-refractivity contribution in [3.63, 3.8) is 0 Å². The lowest BCUT2D eigenvalue weighted by Gasteiger charge is -2.31. The predicted molar refractivity (Wildman–Crippen MR) is 106 cm³/mol. The van der Waals surface area contributed by atoms with Crippen LogP contribution < -0.4 is 10.6 Å². The van der Waals surface area contributed by atoms with Crippen molar-refractivity contribution in [1.82, 2.24) is 10.3 Å². The molecule has 0 spiro atoms. The van der Waals surface area contributed by atoms with Gasteiger partial charge in [0.2, 0.25) is 0 Å². The van der Waals surface area contributed by atoms with Gasteiger partial charge in [0.25, 0.3) is 0 Å². The summed E-state index contributed by atoms with van der Waals surface area (Å²) in [5.41, 5.74) is 3.71. The largest absolute Gasteiger partial charge is 0.332 e. The lowest BCUT2D eigenvalue weighted by molar-refractivity contribution is 0.234. The van der Waals surface area contributed by atoms with Gasteiger partial charge in [-0.25, -0.2) is 4.79 Å². The fraction of sp³-hybridized carbons (Fsp3) is 0.300. The van der Waals surface area contributed by atoms with Crippen LogP contribution in [0.3, 0.4) is 0 Å². The highest BCUT2D eigenvalue weighted by Crippen LogP contribution is 2.29. The van der Waals surface area contributed by atoms with E-state index < -0.39 is 0 Å². The first kappa shape index (κ1) is 17.5. The maximum atomic E-state index is 12.3. The smallest absolute Gasteiger partial charge is 0.319 e. The second-order valence-electron chi connectivity index (χ2n) is 6.83. The van der Waals surface area contributed by atoms with Gasteiger partial charge in [0.15, 0.2) is 0 Å². The molecule has 1 aliphatic rings. The van der Waals surface area contributed by atoms with Crippen LogP contribution in [0.15, 0.2) is 54.1 Å². The maximum absolute atomic E-state index is 12.3. The average Bonchev–Trinajstić information content (AvgIpc) is 3.10. The van der Waals surface area contributed by atoms with Gasteiger partial charge in [-0.3, -0.25) is 4.98 Å². The van der Waals surface area contributed by atoms with Gasteiger partial charge in [0.05, 0.1) is 0 Å². The van der Waals surface area contributed by atoms with Crippen molar-refractivity contribution in [2.24, 2.45) is 5.92 Å². The van der Waals surface area contributed by atoms with Gasteiger partial charge in [-0.1, -0.05) is 18.2 Å².